The van der Waals surface area contributed by atoms with Crippen molar-refractivity contribution in [3.05, 3.63) is 28.2 Å². The second kappa shape index (κ2) is 7.23. The second-order valence-electron chi connectivity index (χ2n) is 5.82. The molecule has 4 heteroatoms. The summed E-state index contributed by atoms with van der Waals surface area (Å²) in [5, 5.41) is 6.42. The van der Waals surface area contributed by atoms with E-state index in [2.05, 4.69) is 33.5 Å². The largest absolute Gasteiger partial charge is 0.325 e. The summed E-state index contributed by atoms with van der Waals surface area (Å²) < 4.78 is 0.942. The fourth-order valence-corrected chi connectivity index (χ4v) is 3.34. The van der Waals surface area contributed by atoms with Gasteiger partial charge in [-0.3, -0.25) is 4.79 Å². The van der Waals surface area contributed by atoms with Gasteiger partial charge in [0.25, 0.3) is 0 Å². The van der Waals surface area contributed by atoms with Crippen molar-refractivity contribution < 1.29 is 4.79 Å². The maximum absolute atomic E-state index is 12.2. The first kappa shape index (κ1) is 15.5. The Morgan fingerprint density at radius 2 is 2.35 bits per heavy atom. The van der Waals surface area contributed by atoms with Crippen LogP contribution in [-0.2, 0) is 4.79 Å². The Balaban J connectivity index is 1.88. The average molecular weight is 339 g/mol. The first-order valence-corrected chi connectivity index (χ1v) is 8.12. The molecule has 0 aromatic heterocycles. The predicted octanol–water partition coefficient (Wildman–Crippen LogP) is 3.72. The Morgan fingerprint density at radius 3 is 3.00 bits per heavy atom. The van der Waals surface area contributed by atoms with E-state index in [1.807, 2.05) is 25.1 Å². The van der Waals surface area contributed by atoms with Gasteiger partial charge in [0, 0.05) is 10.9 Å². The van der Waals surface area contributed by atoms with Gasteiger partial charge in [0.1, 0.15) is 0 Å². The van der Waals surface area contributed by atoms with Crippen LogP contribution in [0.1, 0.15) is 31.7 Å². The van der Waals surface area contributed by atoms with Crippen LogP contribution in [0.4, 0.5) is 5.69 Å². The Hall–Kier alpha value is -0.870. The van der Waals surface area contributed by atoms with Crippen molar-refractivity contribution in [1.82, 2.24) is 5.32 Å². The molecule has 2 unspecified atom stereocenters. The molecule has 0 radical (unpaired) electrons. The molecule has 1 amide bonds. The van der Waals surface area contributed by atoms with Crippen LogP contribution in [0.15, 0.2) is 22.7 Å². The Labute approximate surface area is 129 Å². The van der Waals surface area contributed by atoms with E-state index in [9.17, 15) is 4.79 Å². The molecule has 1 aromatic carbocycles. The number of anilines is 1. The third-order valence-corrected chi connectivity index (χ3v) is 4.70. The summed E-state index contributed by atoms with van der Waals surface area (Å²) in [6.07, 6.45) is 3.04. The fourth-order valence-electron chi connectivity index (χ4n) is 2.75. The summed E-state index contributed by atoms with van der Waals surface area (Å²) in [6.45, 7) is 6.38. The van der Waals surface area contributed by atoms with Gasteiger partial charge >= 0.3 is 0 Å². The van der Waals surface area contributed by atoms with Crippen molar-refractivity contribution in [2.45, 2.75) is 33.1 Å². The highest BCUT2D eigenvalue weighted by Crippen LogP contribution is 2.26. The topological polar surface area (TPSA) is 41.1 Å². The molecule has 1 saturated heterocycles. The minimum atomic E-state index is 0.104. The third-order valence-electron chi connectivity index (χ3n) is 4.05. The first-order valence-electron chi connectivity index (χ1n) is 7.33. The lowest BCUT2D eigenvalue weighted by Crippen LogP contribution is -2.34. The molecule has 0 spiro atoms. The maximum atomic E-state index is 12.2. The molecular weight excluding hydrogens is 316 g/mol. The number of piperidine rings is 1. The number of hydrogen-bond donors (Lipinski definition) is 2. The Morgan fingerprint density at radius 1 is 1.55 bits per heavy atom. The molecule has 2 rings (SSSR count). The highest BCUT2D eigenvalue weighted by atomic mass is 79.9. The van der Waals surface area contributed by atoms with Crippen molar-refractivity contribution in [2.24, 2.45) is 11.8 Å². The highest BCUT2D eigenvalue weighted by Gasteiger charge is 2.22. The predicted molar refractivity (Wildman–Crippen MR) is 86.9 cm³/mol. The van der Waals surface area contributed by atoms with Crippen LogP contribution in [-0.4, -0.2) is 19.0 Å². The van der Waals surface area contributed by atoms with Gasteiger partial charge in [-0.05, 0) is 78.3 Å². The molecule has 1 heterocycles. The Bertz CT molecular complexity index is 470. The normalized spacial score (nSPS) is 20.4. The van der Waals surface area contributed by atoms with Crippen LogP contribution in [0, 0.1) is 18.8 Å². The SMILES string of the molecule is Cc1ccc(NC(=O)CC(C)C2CCCNC2)c(Br)c1. The summed E-state index contributed by atoms with van der Waals surface area (Å²) in [4.78, 5) is 12.2. The van der Waals surface area contributed by atoms with E-state index in [4.69, 9.17) is 0 Å². The van der Waals surface area contributed by atoms with E-state index in [-0.39, 0.29) is 5.91 Å². The molecule has 110 valence electrons. The zero-order valence-corrected chi connectivity index (χ0v) is 13.8. The number of nitrogens with one attached hydrogen (secondary N) is 2. The molecule has 2 N–H and O–H groups in total. The van der Waals surface area contributed by atoms with E-state index < -0.39 is 0 Å². The van der Waals surface area contributed by atoms with E-state index >= 15 is 0 Å². The van der Waals surface area contributed by atoms with Crippen LogP contribution in [0.3, 0.4) is 0 Å². The van der Waals surface area contributed by atoms with E-state index in [1.54, 1.807) is 0 Å². The van der Waals surface area contributed by atoms with Gasteiger partial charge in [0.15, 0.2) is 0 Å². The average Bonchev–Trinajstić information content (AvgIpc) is 2.43. The van der Waals surface area contributed by atoms with Gasteiger partial charge in [-0.25, -0.2) is 0 Å². The lowest BCUT2D eigenvalue weighted by molar-refractivity contribution is -0.117. The van der Waals surface area contributed by atoms with Crippen LogP contribution in [0.5, 0.6) is 0 Å². The van der Waals surface area contributed by atoms with Crippen LogP contribution in [0.2, 0.25) is 0 Å². The number of benzene rings is 1. The third kappa shape index (κ3) is 4.32. The van der Waals surface area contributed by atoms with Gasteiger partial charge in [-0.15, -0.1) is 0 Å². The zero-order valence-electron chi connectivity index (χ0n) is 12.2. The summed E-state index contributed by atoms with van der Waals surface area (Å²) >= 11 is 3.49. The molecule has 1 aliphatic rings. The summed E-state index contributed by atoms with van der Waals surface area (Å²) in [5.74, 6) is 1.15. The second-order valence-corrected chi connectivity index (χ2v) is 6.67. The summed E-state index contributed by atoms with van der Waals surface area (Å²) in [6, 6.07) is 5.98. The molecular formula is C16H23BrN2O. The molecule has 0 aliphatic carbocycles. The highest BCUT2D eigenvalue weighted by molar-refractivity contribution is 9.10. The summed E-state index contributed by atoms with van der Waals surface area (Å²) in [7, 11) is 0. The van der Waals surface area contributed by atoms with Crippen LogP contribution >= 0.6 is 15.9 Å². The lowest BCUT2D eigenvalue weighted by Gasteiger charge is -2.28. The first-order chi connectivity index (χ1) is 9.56. The number of hydrogen-bond acceptors (Lipinski definition) is 2. The summed E-state index contributed by atoms with van der Waals surface area (Å²) in [5.41, 5.74) is 2.03. The minimum Gasteiger partial charge on any atom is -0.325 e. The van der Waals surface area contributed by atoms with Gasteiger partial charge in [-0.2, -0.15) is 0 Å². The smallest absolute Gasteiger partial charge is 0.224 e. The number of rotatable bonds is 4. The lowest BCUT2D eigenvalue weighted by atomic mass is 9.85. The van der Waals surface area contributed by atoms with Crippen LogP contribution < -0.4 is 10.6 Å². The van der Waals surface area contributed by atoms with Crippen molar-refractivity contribution in [3.63, 3.8) is 0 Å². The van der Waals surface area contributed by atoms with Crippen molar-refractivity contribution in [2.75, 3.05) is 18.4 Å². The Kier molecular flexibility index (Phi) is 5.61. The van der Waals surface area contributed by atoms with Gasteiger partial charge in [-0.1, -0.05) is 13.0 Å². The quantitative estimate of drug-likeness (QED) is 0.878. The number of amides is 1. The van der Waals surface area contributed by atoms with Gasteiger partial charge in [0.2, 0.25) is 5.91 Å². The fraction of sp³-hybridized carbons (Fsp3) is 0.562. The molecule has 0 saturated carbocycles. The van der Waals surface area contributed by atoms with E-state index in [0.29, 0.717) is 18.3 Å². The minimum absolute atomic E-state index is 0.104. The molecule has 2 atom stereocenters. The monoisotopic (exact) mass is 338 g/mol. The molecule has 1 fully saturated rings. The van der Waals surface area contributed by atoms with Crippen molar-refractivity contribution in [3.8, 4) is 0 Å². The van der Waals surface area contributed by atoms with Crippen molar-refractivity contribution in [1.29, 1.82) is 0 Å². The number of aryl methyl sites for hydroxylation is 1. The molecule has 1 aromatic rings. The molecule has 3 nitrogen and oxygen atoms in total. The van der Waals surface area contributed by atoms with E-state index in [1.165, 1.54) is 18.4 Å². The van der Waals surface area contributed by atoms with E-state index in [0.717, 1.165) is 23.2 Å². The maximum Gasteiger partial charge on any atom is 0.224 e. The number of carbonyl (C=O) groups is 1. The number of halogens is 1. The zero-order chi connectivity index (χ0) is 14.5. The molecule has 20 heavy (non-hydrogen) atoms. The van der Waals surface area contributed by atoms with Crippen molar-refractivity contribution >= 4 is 27.5 Å². The van der Waals surface area contributed by atoms with Gasteiger partial charge in [0.05, 0.1) is 5.69 Å². The number of carbonyl (C=O) groups excluding carboxylic acids is 1. The molecule has 0 bridgehead atoms. The molecule has 1 aliphatic heterocycles. The van der Waals surface area contributed by atoms with Crippen LogP contribution in [0.25, 0.3) is 0 Å². The van der Waals surface area contributed by atoms with Gasteiger partial charge < -0.3 is 10.6 Å². The standard InChI is InChI=1S/C16H23BrN2O/c1-11-5-6-15(14(17)8-11)19-16(20)9-12(2)13-4-3-7-18-10-13/h5-6,8,12-13,18H,3-4,7,9-10H2,1-2H3,(H,19,20).